The first-order valence-corrected chi connectivity index (χ1v) is 10.8. The summed E-state index contributed by atoms with van der Waals surface area (Å²) in [5.41, 5.74) is 1.44. The number of hydrogen-bond donors (Lipinski definition) is 2. The van der Waals surface area contributed by atoms with E-state index in [-0.39, 0.29) is 39.0 Å². The molecule has 0 spiro atoms. The van der Waals surface area contributed by atoms with Crippen molar-refractivity contribution < 1.29 is 14.2 Å². The molecular weight excluding hydrogens is 503 g/mol. The van der Waals surface area contributed by atoms with Crippen molar-refractivity contribution in [2.45, 2.75) is 0 Å². The normalized spacial score (nSPS) is 10.5. The van der Waals surface area contributed by atoms with Crippen LogP contribution in [0.25, 0.3) is 0 Å². The molecule has 0 fully saturated rings. The first-order valence-electron chi connectivity index (χ1n) is 9.71. The largest absolute Gasteiger partial charge is 0.497 e. The summed E-state index contributed by atoms with van der Waals surface area (Å²) in [7, 11) is 3.19. The Morgan fingerprint density at radius 1 is 0.647 bits per heavy atom. The molecular formula is C22H17Cl3N6O3. The molecule has 2 heterocycles. The lowest BCUT2D eigenvalue weighted by Gasteiger charge is -2.12. The van der Waals surface area contributed by atoms with Crippen molar-refractivity contribution in [3.63, 3.8) is 0 Å². The standard InChI is InChI=1S/C22H17Cl3N6O3/c1-32-14-7-3-12(4-8-14)26-20-29-21(27-13-5-9-15(33-2)10-6-13)31-22(30-20)34-19-17(24)11-16(23)18(25)28-19/h3-11H,1-2H3,(H2,26,27,29,30,31). The number of methoxy groups -OCH3 is 2. The van der Waals surface area contributed by atoms with Gasteiger partial charge < -0.3 is 24.8 Å². The quantitative estimate of drug-likeness (QED) is 0.252. The second kappa shape index (κ2) is 10.6. The Kier molecular flexibility index (Phi) is 7.36. The lowest BCUT2D eigenvalue weighted by molar-refractivity contribution is 0.415. The summed E-state index contributed by atoms with van der Waals surface area (Å²) in [5.74, 6) is 1.85. The Balaban J connectivity index is 1.66. The van der Waals surface area contributed by atoms with E-state index >= 15 is 0 Å². The van der Waals surface area contributed by atoms with Gasteiger partial charge in [-0.05, 0) is 54.6 Å². The summed E-state index contributed by atoms with van der Waals surface area (Å²) in [6.45, 7) is 0. The van der Waals surface area contributed by atoms with Crippen LogP contribution in [0, 0.1) is 0 Å². The molecule has 0 bridgehead atoms. The molecule has 4 rings (SSSR count). The summed E-state index contributed by atoms with van der Waals surface area (Å²) >= 11 is 18.1. The smallest absolute Gasteiger partial charge is 0.330 e. The van der Waals surface area contributed by atoms with Crippen LogP contribution in [0.3, 0.4) is 0 Å². The maximum atomic E-state index is 6.19. The minimum absolute atomic E-state index is 0.00642. The summed E-state index contributed by atoms with van der Waals surface area (Å²) < 4.78 is 16.1. The summed E-state index contributed by atoms with van der Waals surface area (Å²) in [6, 6.07) is 15.8. The van der Waals surface area contributed by atoms with Gasteiger partial charge in [0.2, 0.25) is 17.8 Å². The van der Waals surface area contributed by atoms with Gasteiger partial charge in [0.25, 0.3) is 0 Å². The van der Waals surface area contributed by atoms with Crippen molar-refractivity contribution in [3.8, 4) is 23.4 Å². The Labute approximate surface area is 210 Å². The molecule has 0 unspecified atom stereocenters. The third-order valence-electron chi connectivity index (χ3n) is 4.35. The van der Waals surface area contributed by atoms with Crippen molar-refractivity contribution in [1.29, 1.82) is 0 Å². The second-order valence-electron chi connectivity index (χ2n) is 6.62. The third-order valence-corrected chi connectivity index (χ3v) is 5.29. The number of nitrogens with one attached hydrogen (secondary N) is 2. The molecule has 0 aliphatic carbocycles. The minimum Gasteiger partial charge on any atom is -0.497 e. The van der Waals surface area contributed by atoms with E-state index in [1.807, 2.05) is 24.3 Å². The predicted molar refractivity (Wildman–Crippen MR) is 132 cm³/mol. The Morgan fingerprint density at radius 2 is 1.15 bits per heavy atom. The van der Waals surface area contributed by atoms with Gasteiger partial charge in [0.05, 0.1) is 19.2 Å². The maximum Gasteiger partial charge on any atom is 0.330 e. The highest BCUT2D eigenvalue weighted by atomic mass is 35.5. The summed E-state index contributed by atoms with van der Waals surface area (Å²) in [4.78, 5) is 17.1. The SMILES string of the molecule is COc1ccc(Nc2nc(Nc3ccc(OC)cc3)nc(Oc3nc(Cl)c(Cl)cc3Cl)n2)cc1. The number of benzene rings is 2. The monoisotopic (exact) mass is 518 g/mol. The third kappa shape index (κ3) is 5.88. The van der Waals surface area contributed by atoms with Gasteiger partial charge in [-0.2, -0.15) is 19.9 Å². The summed E-state index contributed by atoms with van der Waals surface area (Å²) in [6.07, 6.45) is 0. The highest BCUT2D eigenvalue weighted by Gasteiger charge is 2.15. The fraction of sp³-hybridized carbons (Fsp3) is 0.0909. The van der Waals surface area contributed by atoms with Crippen LogP contribution >= 0.6 is 34.8 Å². The molecule has 174 valence electrons. The molecule has 2 aromatic heterocycles. The average molecular weight is 520 g/mol. The number of rotatable bonds is 8. The van der Waals surface area contributed by atoms with E-state index in [9.17, 15) is 0 Å². The number of nitrogens with zero attached hydrogens (tertiary/aromatic N) is 4. The van der Waals surface area contributed by atoms with Gasteiger partial charge >= 0.3 is 6.01 Å². The van der Waals surface area contributed by atoms with E-state index in [1.165, 1.54) is 6.07 Å². The molecule has 4 aromatic rings. The molecule has 2 N–H and O–H groups in total. The number of ether oxygens (including phenoxy) is 3. The zero-order chi connectivity index (χ0) is 24.1. The van der Waals surface area contributed by atoms with Crippen molar-refractivity contribution >= 4 is 58.1 Å². The van der Waals surface area contributed by atoms with Crippen LogP contribution in [0.2, 0.25) is 15.2 Å². The topological polar surface area (TPSA) is 103 Å². The second-order valence-corrected chi connectivity index (χ2v) is 7.79. The van der Waals surface area contributed by atoms with E-state index < -0.39 is 0 Å². The zero-order valence-electron chi connectivity index (χ0n) is 17.8. The van der Waals surface area contributed by atoms with Gasteiger partial charge in [-0.1, -0.05) is 34.8 Å². The Hall–Kier alpha value is -3.53. The van der Waals surface area contributed by atoms with Gasteiger partial charge in [0, 0.05) is 11.4 Å². The number of hydrogen-bond acceptors (Lipinski definition) is 9. The molecule has 2 aromatic carbocycles. The first kappa shape index (κ1) is 23.6. The highest BCUT2D eigenvalue weighted by molar-refractivity contribution is 6.42. The van der Waals surface area contributed by atoms with Crippen LogP contribution < -0.4 is 24.8 Å². The number of pyridine rings is 1. The number of halogens is 3. The molecule has 0 atom stereocenters. The van der Waals surface area contributed by atoms with E-state index in [0.717, 1.165) is 11.4 Å². The van der Waals surface area contributed by atoms with Crippen molar-refractivity contribution in [3.05, 3.63) is 69.8 Å². The first-order chi connectivity index (χ1) is 16.4. The zero-order valence-corrected chi connectivity index (χ0v) is 20.1. The van der Waals surface area contributed by atoms with E-state index in [4.69, 9.17) is 49.0 Å². The van der Waals surface area contributed by atoms with Gasteiger partial charge in [0.15, 0.2) is 5.15 Å². The number of anilines is 4. The average Bonchev–Trinajstić information content (AvgIpc) is 2.83. The van der Waals surface area contributed by atoms with Gasteiger partial charge in [-0.25, -0.2) is 0 Å². The van der Waals surface area contributed by atoms with Crippen LogP contribution in [0.1, 0.15) is 0 Å². The fourth-order valence-corrected chi connectivity index (χ4v) is 3.24. The van der Waals surface area contributed by atoms with Gasteiger partial charge in [0.1, 0.15) is 16.5 Å². The van der Waals surface area contributed by atoms with Crippen molar-refractivity contribution in [1.82, 2.24) is 19.9 Å². The fourth-order valence-electron chi connectivity index (χ4n) is 2.71. The van der Waals surface area contributed by atoms with E-state index in [1.54, 1.807) is 38.5 Å². The van der Waals surface area contributed by atoms with Gasteiger partial charge in [-0.3, -0.25) is 0 Å². The van der Waals surface area contributed by atoms with E-state index in [2.05, 4.69) is 30.6 Å². The molecule has 0 saturated heterocycles. The minimum atomic E-state index is -0.0742. The molecule has 12 heteroatoms. The molecule has 0 radical (unpaired) electrons. The molecule has 0 amide bonds. The molecule has 9 nitrogen and oxygen atoms in total. The van der Waals surface area contributed by atoms with Gasteiger partial charge in [-0.15, -0.1) is 0 Å². The predicted octanol–water partition coefficient (Wildman–Crippen LogP) is 6.52. The number of aromatic nitrogens is 4. The van der Waals surface area contributed by atoms with Crippen LogP contribution in [0.15, 0.2) is 54.6 Å². The maximum absolute atomic E-state index is 6.19. The Morgan fingerprint density at radius 3 is 1.62 bits per heavy atom. The van der Waals surface area contributed by atoms with Crippen LogP contribution in [0.5, 0.6) is 23.4 Å². The molecule has 0 aliphatic heterocycles. The molecule has 34 heavy (non-hydrogen) atoms. The summed E-state index contributed by atoms with van der Waals surface area (Å²) in [5, 5.41) is 6.57. The van der Waals surface area contributed by atoms with E-state index in [0.29, 0.717) is 11.5 Å². The lowest BCUT2D eigenvalue weighted by atomic mass is 10.3. The van der Waals surface area contributed by atoms with Crippen LogP contribution in [0.4, 0.5) is 23.3 Å². The lowest BCUT2D eigenvalue weighted by Crippen LogP contribution is -2.06. The molecule has 0 aliphatic rings. The highest BCUT2D eigenvalue weighted by Crippen LogP contribution is 2.33. The molecule has 0 saturated carbocycles. The van der Waals surface area contributed by atoms with Crippen LogP contribution in [-0.2, 0) is 0 Å². The van der Waals surface area contributed by atoms with Crippen molar-refractivity contribution in [2.24, 2.45) is 0 Å². The van der Waals surface area contributed by atoms with Crippen molar-refractivity contribution in [2.75, 3.05) is 24.9 Å². The van der Waals surface area contributed by atoms with Crippen LogP contribution in [-0.4, -0.2) is 34.2 Å². The Bertz CT molecular complexity index is 1220.